The van der Waals surface area contributed by atoms with Crippen molar-refractivity contribution < 1.29 is 4.74 Å². The maximum atomic E-state index is 5.77. The number of hydrogen-bond donors (Lipinski definition) is 2. The molecular formula is C17H21BrN2O. The summed E-state index contributed by atoms with van der Waals surface area (Å²) in [6.07, 6.45) is 1.00. The van der Waals surface area contributed by atoms with Gasteiger partial charge in [-0.2, -0.15) is 0 Å². The van der Waals surface area contributed by atoms with Crippen molar-refractivity contribution in [3.8, 4) is 5.75 Å². The van der Waals surface area contributed by atoms with Gasteiger partial charge in [0.25, 0.3) is 0 Å². The highest BCUT2D eigenvalue weighted by Gasteiger charge is 2.15. The molecule has 1 unspecified atom stereocenters. The van der Waals surface area contributed by atoms with Gasteiger partial charge >= 0.3 is 0 Å². The zero-order valence-corrected chi connectivity index (χ0v) is 14.0. The molecule has 0 spiro atoms. The lowest BCUT2D eigenvalue weighted by Crippen LogP contribution is -2.29. The van der Waals surface area contributed by atoms with Crippen LogP contribution in [0.4, 0.5) is 0 Å². The summed E-state index contributed by atoms with van der Waals surface area (Å²) in [4.78, 5) is 0. The van der Waals surface area contributed by atoms with Crippen molar-refractivity contribution in [2.75, 3.05) is 6.61 Å². The first kappa shape index (κ1) is 16.0. The van der Waals surface area contributed by atoms with Crippen LogP contribution in [0.25, 0.3) is 0 Å². The number of rotatable bonds is 6. The molecule has 0 bridgehead atoms. The van der Waals surface area contributed by atoms with Gasteiger partial charge in [0, 0.05) is 4.47 Å². The topological polar surface area (TPSA) is 47.3 Å². The van der Waals surface area contributed by atoms with Crippen LogP contribution in [-0.4, -0.2) is 6.61 Å². The first-order valence-corrected chi connectivity index (χ1v) is 7.90. The van der Waals surface area contributed by atoms with Gasteiger partial charge < -0.3 is 4.74 Å². The average Bonchev–Trinajstić information content (AvgIpc) is 2.50. The standard InChI is InChI=1S/C17H21BrN2O/c1-3-10-21-14-7-5-13(6-8-14)17(20-19)15-11-12(2)4-9-16(15)18/h4-9,11,17,20H,3,10,19H2,1-2H3. The van der Waals surface area contributed by atoms with E-state index < -0.39 is 0 Å². The number of ether oxygens (including phenoxy) is 1. The summed E-state index contributed by atoms with van der Waals surface area (Å²) in [5, 5.41) is 0. The van der Waals surface area contributed by atoms with E-state index in [4.69, 9.17) is 10.6 Å². The lowest BCUT2D eigenvalue weighted by atomic mass is 9.98. The predicted molar refractivity (Wildman–Crippen MR) is 90.3 cm³/mol. The van der Waals surface area contributed by atoms with Gasteiger partial charge in [0.1, 0.15) is 5.75 Å². The molecule has 0 aliphatic carbocycles. The number of hydrazine groups is 1. The van der Waals surface area contributed by atoms with Gasteiger partial charge in [-0.1, -0.05) is 52.7 Å². The molecule has 0 aliphatic rings. The summed E-state index contributed by atoms with van der Waals surface area (Å²) in [6, 6.07) is 14.3. The minimum Gasteiger partial charge on any atom is -0.494 e. The second kappa shape index (κ2) is 7.59. The second-order valence-corrected chi connectivity index (χ2v) is 5.90. The molecule has 0 saturated carbocycles. The van der Waals surface area contributed by atoms with Crippen molar-refractivity contribution in [3.05, 3.63) is 63.6 Å². The van der Waals surface area contributed by atoms with Crippen molar-refractivity contribution in [1.29, 1.82) is 0 Å². The fraction of sp³-hybridized carbons (Fsp3) is 0.294. The summed E-state index contributed by atoms with van der Waals surface area (Å²) in [7, 11) is 0. The average molecular weight is 349 g/mol. The largest absolute Gasteiger partial charge is 0.494 e. The third kappa shape index (κ3) is 4.06. The van der Waals surface area contributed by atoms with Gasteiger partial charge in [-0.25, -0.2) is 5.43 Å². The van der Waals surface area contributed by atoms with Crippen LogP contribution in [0.2, 0.25) is 0 Å². The molecule has 1 atom stereocenters. The summed E-state index contributed by atoms with van der Waals surface area (Å²) in [5.41, 5.74) is 6.33. The Bertz CT molecular complexity index is 584. The smallest absolute Gasteiger partial charge is 0.119 e. The predicted octanol–water partition coefficient (Wildman–Crippen LogP) is 4.10. The van der Waals surface area contributed by atoms with E-state index in [1.807, 2.05) is 30.3 Å². The first-order chi connectivity index (χ1) is 10.2. The van der Waals surface area contributed by atoms with Crippen molar-refractivity contribution in [3.63, 3.8) is 0 Å². The number of nitrogens with two attached hydrogens (primary N) is 1. The summed E-state index contributed by atoms with van der Waals surface area (Å²) >= 11 is 3.60. The maximum Gasteiger partial charge on any atom is 0.119 e. The maximum absolute atomic E-state index is 5.77. The summed E-state index contributed by atoms with van der Waals surface area (Å²) < 4.78 is 6.66. The Morgan fingerprint density at radius 2 is 1.90 bits per heavy atom. The van der Waals surface area contributed by atoms with E-state index in [-0.39, 0.29) is 6.04 Å². The summed E-state index contributed by atoms with van der Waals surface area (Å²) in [6.45, 7) is 4.91. The van der Waals surface area contributed by atoms with Crippen LogP contribution >= 0.6 is 15.9 Å². The van der Waals surface area contributed by atoms with Gasteiger partial charge in [-0.3, -0.25) is 5.84 Å². The highest BCUT2D eigenvalue weighted by Crippen LogP contribution is 2.30. The van der Waals surface area contributed by atoms with Crippen LogP contribution in [0.3, 0.4) is 0 Å². The molecule has 4 heteroatoms. The second-order valence-electron chi connectivity index (χ2n) is 5.04. The molecule has 0 aliphatic heterocycles. The van der Waals surface area contributed by atoms with E-state index in [1.54, 1.807) is 0 Å². The van der Waals surface area contributed by atoms with Crippen molar-refractivity contribution in [2.45, 2.75) is 26.3 Å². The van der Waals surface area contributed by atoms with Crippen molar-refractivity contribution in [1.82, 2.24) is 5.43 Å². The number of nitrogens with one attached hydrogen (secondary N) is 1. The van der Waals surface area contributed by atoms with E-state index in [1.165, 1.54) is 5.56 Å². The Morgan fingerprint density at radius 3 is 2.52 bits per heavy atom. The zero-order valence-electron chi connectivity index (χ0n) is 12.4. The van der Waals surface area contributed by atoms with Crippen molar-refractivity contribution >= 4 is 15.9 Å². The number of benzene rings is 2. The minimum absolute atomic E-state index is 0.0560. The molecule has 0 fully saturated rings. The van der Waals surface area contributed by atoms with Crippen LogP contribution in [-0.2, 0) is 0 Å². The molecule has 2 aromatic carbocycles. The Labute approximate surface area is 134 Å². The van der Waals surface area contributed by atoms with Gasteiger partial charge in [-0.05, 0) is 42.7 Å². The number of halogens is 1. The van der Waals surface area contributed by atoms with E-state index in [2.05, 4.69) is 47.3 Å². The van der Waals surface area contributed by atoms with Crippen LogP contribution in [0.15, 0.2) is 46.9 Å². The van der Waals surface area contributed by atoms with Gasteiger partial charge in [0.05, 0.1) is 12.6 Å². The molecule has 0 radical (unpaired) electrons. The SMILES string of the molecule is CCCOc1ccc(C(NN)c2cc(C)ccc2Br)cc1. The van der Waals surface area contributed by atoms with Gasteiger partial charge in [-0.15, -0.1) is 0 Å². The molecule has 2 rings (SSSR count). The zero-order chi connectivity index (χ0) is 15.2. The molecule has 3 N–H and O–H groups in total. The van der Waals surface area contributed by atoms with Crippen LogP contribution in [0.5, 0.6) is 5.75 Å². The molecule has 0 saturated heterocycles. The molecule has 112 valence electrons. The fourth-order valence-corrected chi connectivity index (χ4v) is 2.70. The lowest BCUT2D eigenvalue weighted by Gasteiger charge is -2.19. The van der Waals surface area contributed by atoms with Crippen molar-refractivity contribution in [2.24, 2.45) is 5.84 Å². The number of hydrogen-bond acceptors (Lipinski definition) is 3. The Hall–Kier alpha value is -1.36. The van der Waals surface area contributed by atoms with Gasteiger partial charge in [0.2, 0.25) is 0 Å². The van der Waals surface area contributed by atoms with E-state index in [9.17, 15) is 0 Å². The molecule has 21 heavy (non-hydrogen) atoms. The monoisotopic (exact) mass is 348 g/mol. The first-order valence-electron chi connectivity index (χ1n) is 7.10. The lowest BCUT2D eigenvalue weighted by molar-refractivity contribution is 0.317. The quantitative estimate of drug-likeness (QED) is 0.610. The molecule has 0 amide bonds. The highest BCUT2D eigenvalue weighted by molar-refractivity contribution is 9.10. The third-order valence-electron chi connectivity index (χ3n) is 3.32. The fourth-order valence-electron chi connectivity index (χ4n) is 2.23. The van der Waals surface area contributed by atoms with E-state index in [0.717, 1.165) is 34.4 Å². The molecular weight excluding hydrogens is 328 g/mol. The van der Waals surface area contributed by atoms with Crippen LogP contribution < -0.4 is 16.0 Å². The minimum atomic E-state index is -0.0560. The Balaban J connectivity index is 2.26. The van der Waals surface area contributed by atoms with E-state index in [0.29, 0.717) is 0 Å². The highest BCUT2D eigenvalue weighted by atomic mass is 79.9. The molecule has 0 heterocycles. The Kier molecular flexibility index (Phi) is 5.79. The van der Waals surface area contributed by atoms with E-state index >= 15 is 0 Å². The Morgan fingerprint density at radius 1 is 1.19 bits per heavy atom. The van der Waals surface area contributed by atoms with Crippen LogP contribution in [0.1, 0.15) is 36.1 Å². The molecule has 2 aromatic rings. The molecule has 3 nitrogen and oxygen atoms in total. The summed E-state index contributed by atoms with van der Waals surface area (Å²) in [5.74, 6) is 6.66. The molecule has 0 aromatic heterocycles. The van der Waals surface area contributed by atoms with Gasteiger partial charge in [0.15, 0.2) is 0 Å². The van der Waals surface area contributed by atoms with Crippen LogP contribution in [0, 0.1) is 6.92 Å². The normalized spacial score (nSPS) is 12.2. The number of aryl methyl sites for hydroxylation is 1. The third-order valence-corrected chi connectivity index (χ3v) is 4.04.